The van der Waals surface area contributed by atoms with Gasteiger partial charge in [-0.15, -0.1) is 6.42 Å². The molecule has 26 heavy (non-hydrogen) atoms. The number of hydrogen-bond donors (Lipinski definition) is 1. The van der Waals surface area contributed by atoms with Gasteiger partial charge in [0.05, 0.1) is 18.0 Å². The Balaban J connectivity index is 2.12. The van der Waals surface area contributed by atoms with Crippen LogP contribution in [0.4, 0.5) is 5.69 Å². The van der Waals surface area contributed by atoms with Gasteiger partial charge in [0.2, 0.25) is 15.9 Å². The molecule has 2 rings (SSSR count). The third-order valence-corrected chi connectivity index (χ3v) is 5.64. The van der Waals surface area contributed by atoms with E-state index in [-0.39, 0.29) is 18.0 Å². The maximum Gasteiger partial charge on any atom is 0.244 e. The van der Waals surface area contributed by atoms with Crippen LogP contribution in [-0.2, 0) is 14.8 Å². The van der Waals surface area contributed by atoms with Crippen molar-refractivity contribution in [3.8, 4) is 12.3 Å². The van der Waals surface area contributed by atoms with E-state index in [2.05, 4.69) is 25.1 Å². The average molecular weight is 370 g/mol. The molecule has 0 saturated heterocycles. The third-order valence-electron chi connectivity index (χ3n) is 3.83. The molecule has 0 bridgehead atoms. The van der Waals surface area contributed by atoms with Crippen LogP contribution in [0.1, 0.15) is 25.3 Å². The second-order valence-electron chi connectivity index (χ2n) is 6.12. The highest BCUT2D eigenvalue weighted by Crippen LogP contribution is 2.18. The van der Waals surface area contributed by atoms with E-state index in [1.54, 1.807) is 30.3 Å². The summed E-state index contributed by atoms with van der Waals surface area (Å²) in [6, 6.07) is 15.4. The van der Waals surface area contributed by atoms with Crippen LogP contribution < -0.4 is 5.32 Å². The minimum atomic E-state index is -3.84. The van der Waals surface area contributed by atoms with E-state index in [9.17, 15) is 13.2 Å². The molecular formula is C20H22N2O3S. The van der Waals surface area contributed by atoms with Crippen LogP contribution in [0.15, 0.2) is 59.5 Å². The van der Waals surface area contributed by atoms with Gasteiger partial charge >= 0.3 is 0 Å². The van der Waals surface area contributed by atoms with Crippen molar-refractivity contribution in [3.63, 3.8) is 0 Å². The van der Waals surface area contributed by atoms with Gasteiger partial charge in [-0.3, -0.25) is 4.79 Å². The summed E-state index contributed by atoms with van der Waals surface area (Å²) in [4.78, 5) is 12.4. The van der Waals surface area contributed by atoms with Crippen LogP contribution in [0.25, 0.3) is 0 Å². The first-order chi connectivity index (χ1) is 12.3. The molecule has 1 N–H and O–H groups in total. The summed E-state index contributed by atoms with van der Waals surface area (Å²) in [6.45, 7) is 3.63. The quantitative estimate of drug-likeness (QED) is 0.762. The summed E-state index contributed by atoms with van der Waals surface area (Å²) < 4.78 is 26.3. The lowest BCUT2D eigenvalue weighted by molar-refractivity contribution is -0.116. The number of nitrogens with one attached hydrogen (secondary N) is 1. The van der Waals surface area contributed by atoms with Crippen LogP contribution in [0.3, 0.4) is 0 Å². The molecule has 0 aliphatic heterocycles. The Hall–Kier alpha value is -2.62. The van der Waals surface area contributed by atoms with Crippen LogP contribution in [0.2, 0.25) is 0 Å². The van der Waals surface area contributed by atoms with Crippen LogP contribution in [0.5, 0.6) is 0 Å². The van der Waals surface area contributed by atoms with Gasteiger partial charge in [-0.1, -0.05) is 50.1 Å². The lowest BCUT2D eigenvalue weighted by Crippen LogP contribution is -2.38. The van der Waals surface area contributed by atoms with Crippen molar-refractivity contribution in [1.82, 2.24) is 4.31 Å². The topological polar surface area (TPSA) is 66.5 Å². The second-order valence-corrected chi connectivity index (χ2v) is 8.05. The van der Waals surface area contributed by atoms with Crippen LogP contribution in [0, 0.1) is 12.3 Å². The fraction of sp³-hybridized carbons (Fsp3) is 0.250. The minimum Gasteiger partial charge on any atom is -0.325 e. The number of carbonyl (C=O) groups is 1. The molecule has 2 aromatic carbocycles. The van der Waals surface area contributed by atoms with Gasteiger partial charge in [0.15, 0.2) is 0 Å². The number of amides is 1. The maximum atomic E-state index is 12.7. The molecule has 0 aromatic heterocycles. The zero-order valence-corrected chi connectivity index (χ0v) is 15.7. The van der Waals surface area contributed by atoms with E-state index >= 15 is 0 Å². The van der Waals surface area contributed by atoms with E-state index in [4.69, 9.17) is 6.42 Å². The Labute approximate surface area is 155 Å². The number of sulfonamides is 1. The zero-order chi connectivity index (χ0) is 19.2. The van der Waals surface area contributed by atoms with Gasteiger partial charge < -0.3 is 5.32 Å². The molecule has 0 aliphatic rings. The molecule has 0 heterocycles. The van der Waals surface area contributed by atoms with E-state index in [0.717, 1.165) is 9.87 Å². The van der Waals surface area contributed by atoms with Crippen molar-refractivity contribution in [2.45, 2.75) is 24.7 Å². The second kappa shape index (κ2) is 8.65. The predicted molar refractivity (Wildman–Crippen MR) is 103 cm³/mol. The summed E-state index contributed by atoms with van der Waals surface area (Å²) >= 11 is 0. The van der Waals surface area contributed by atoms with Crippen molar-refractivity contribution in [2.24, 2.45) is 0 Å². The normalized spacial score (nSPS) is 11.3. The fourth-order valence-corrected chi connectivity index (χ4v) is 3.71. The Morgan fingerprint density at radius 3 is 2.27 bits per heavy atom. The number of terminal acetylenes is 1. The number of rotatable bonds is 7. The van der Waals surface area contributed by atoms with Crippen molar-refractivity contribution in [1.29, 1.82) is 0 Å². The number of benzene rings is 2. The highest BCUT2D eigenvalue weighted by Gasteiger charge is 2.25. The van der Waals surface area contributed by atoms with Crippen molar-refractivity contribution in [2.75, 3.05) is 18.4 Å². The summed E-state index contributed by atoms with van der Waals surface area (Å²) in [5.74, 6) is 2.24. The third kappa shape index (κ3) is 4.94. The monoisotopic (exact) mass is 370 g/mol. The molecule has 136 valence electrons. The van der Waals surface area contributed by atoms with Gasteiger partial charge in [0.1, 0.15) is 0 Å². The number of hydrogen-bond acceptors (Lipinski definition) is 3. The van der Waals surface area contributed by atoms with Gasteiger partial charge in [0.25, 0.3) is 0 Å². The van der Waals surface area contributed by atoms with E-state index < -0.39 is 15.9 Å². The summed E-state index contributed by atoms with van der Waals surface area (Å²) in [6.07, 6.45) is 5.29. The van der Waals surface area contributed by atoms with E-state index in [1.807, 2.05) is 12.1 Å². The van der Waals surface area contributed by atoms with Crippen molar-refractivity contribution < 1.29 is 13.2 Å². The van der Waals surface area contributed by atoms with Gasteiger partial charge in [-0.25, -0.2) is 8.42 Å². The first kappa shape index (κ1) is 19.7. The van der Waals surface area contributed by atoms with Gasteiger partial charge in [0, 0.05) is 5.69 Å². The number of carbonyl (C=O) groups excluding carboxylic acids is 1. The Kier molecular flexibility index (Phi) is 6.56. The first-order valence-electron chi connectivity index (χ1n) is 8.23. The standard InChI is InChI=1S/C20H22N2O3S/c1-4-14-22(26(24,25)19-8-6-5-7-9-19)15-20(23)21-18-12-10-17(11-13-18)16(2)3/h1,5-13,16H,14-15H2,2-3H3,(H,21,23). The Morgan fingerprint density at radius 1 is 1.12 bits per heavy atom. The maximum absolute atomic E-state index is 12.7. The average Bonchev–Trinajstić information content (AvgIpc) is 2.62. The highest BCUT2D eigenvalue weighted by molar-refractivity contribution is 7.89. The van der Waals surface area contributed by atoms with E-state index in [0.29, 0.717) is 11.6 Å². The molecule has 0 radical (unpaired) electrons. The molecule has 1 amide bonds. The number of anilines is 1. The predicted octanol–water partition coefficient (Wildman–Crippen LogP) is 3.07. The fourth-order valence-electron chi connectivity index (χ4n) is 2.38. The molecule has 6 heteroatoms. The molecule has 0 unspecified atom stereocenters. The molecule has 0 saturated carbocycles. The van der Waals surface area contributed by atoms with Crippen molar-refractivity contribution >= 4 is 21.6 Å². The largest absolute Gasteiger partial charge is 0.325 e. The minimum absolute atomic E-state index is 0.101. The molecule has 0 spiro atoms. The molecule has 0 atom stereocenters. The summed E-state index contributed by atoms with van der Waals surface area (Å²) in [5, 5.41) is 2.71. The molecule has 5 nitrogen and oxygen atoms in total. The van der Waals surface area contributed by atoms with Crippen molar-refractivity contribution in [3.05, 3.63) is 60.2 Å². The lowest BCUT2D eigenvalue weighted by atomic mass is 10.0. The SMILES string of the molecule is C#CCN(CC(=O)Nc1ccc(C(C)C)cc1)S(=O)(=O)c1ccccc1. The Morgan fingerprint density at radius 2 is 1.73 bits per heavy atom. The van der Waals surface area contributed by atoms with Gasteiger partial charge in [-0.05, 0) is 35.7 Å². The zero-order valence-electron chi connectivity index (χ0n) is 14.8. The Bertz CT molecular complexity index is 883. The van der Waals surface area contributed by atoms with E-state index in [1.165, 1.54) is 12.1 Å². The lowest BCUT2D eigenvalue weighted by Gasteiger charge is -2.19. The summed E-state index contributed by atoms with van der Waals surface area (Å²) in [7, 11) is -3.84. The van der Waals surface area contributed by atoms with Gasteiger partial charge in [-0.2, -0.15) is 4.31 Å². The first-order valence-corrected chi connectivity index (χ1v) is 9.67. The highest BCUT2D eigenvalue weighted by atomic mass is 32.2. The molecule has 0 aliphatic carbocycles. The number of nitrogens with zero attached hydrogens (tertiary/aromatic N) is 1. The summed E-state index contributed by atoms with van der Waals surface area (Å²) in [5.41, 5.74) is 1.76. The molecule has 2 aromatic rings. The van der Waals surface area contributed by atoms with Crippen LogP contribution in [-0.4, -0.2) is 31.7 Å². The smallest absolute Gasteiger partial charge is 0.244 e. The van der Waals surface area contributed by atoms with Crippen LogP contribution >= 0.6 is 0 Å². The molecule has 0 fully saturated rings. The molecular weight excluding hydrogens is 348 g/mol.